The van der Waals surface area contributed by atoms with Gasteiger partial charge in [-0.25, -0.2) is 0 Å². The summed E-state index contributed by atoms with van der Waals surface area (Å²) in [5, 5.41) is 0. The molecule has 176 valence electrons. The van der Waals surface area contributed by atoms with Crippen molar-refractivity contribution in [2.45, 2.75) is 12.8 Å². The van der Waals surface area contributed by atoms with Crippen LogP contribution in [0.15, 0.2) is 109 Å². The van der Waals surface area contributed by atoms with Gasteiger partial charge in [-0.2, -0.15) is 0 Å². The molecule has 0 atom stereocenters. The van der Waals surface area contributed by atoms with E-state index in [4.69, 9.17) is 48.9 Å². The van der Waals surface area contributed by atoms with E-state index in [1.165, 1.54) is 11.1 Å². The van der Waals surface area contributed by atoms with Crippen molar-refractivity contribution in [1.82, 2.24) is 0 Å². The van der Waals surface area contributed by atoms with E-state index in [0.717, 1.165) is 35.1 Å². The maximum atomic E-state index is 5.82. The number of aryl methyl sites for hydroxylation is 2. The minimum Gasteiger partial charge on any atom is -0.0778 e. The van der Waals surface area contributed by atoms with Crippen LogP contribution in [0.3, 0.4) is 0 Å². The number of benzene rings is 4. The molecule has 0 saturated carbocycles. The van der Waals surface area contributed by atoms with Crippen LogP contribution in [0.5, 0.6) is 0 Å². The molecule has 0 unspecified atom stereocenters. The second-order valence-electron chi connectivity index (χ2n) is 7.86. The fraction of sp³-hybridized carbons (Fsp3) is 0.0667. The summed E-state index contributed by atoms with van der Waals surface area (Å²) < 4.78 is 0. The Morgan fingerprint density at radius 1 is 0.400 bits per heavy atom. The second kappa shape index (κ2) is 13.2. The summed E-state index contributed by atoms with van der Waals surface area (Å²) in [4.78, 5) is 2.84. The molecular weight excluding hydrogens is 547 g/mol. The predicted molar refractivity (Wildman–Crippen MR) is 160 cm³/mol. The minimum absolute atomic E-state index is 0. The van der Waals surface area contributed by atoms with Crippen molar-refractivity contribution in [3.05, 3.63) is 143 Å². The number of rotatable bonds is 9. The van der Waals surface area contributed by atoms with E-state index in [2.05, 4.69) is 24.3 Å². The second-order valence-corrected chi connectivity index (χ2v) is 9.50. The van der Waals surface area contributed by atoms with Crippen LogP contribution in [0.25, 0.3) is 0 Å². The zero-order valence-corrected chi connectivity index (χ0v) is 23.0. The van der Waals surface area contributed by atoms with E-state index in [1.54, 1.807) is 0 Å². The first-order chi connectivity index (χ1) is 16.6. The third-order valence-corrected chi connectivity index (χ3v) is 7.66. The predicted octanol–water partition coefficient (Wildman–Crippen LogP) is 7.74. The summed E-state index contributed by atoms with van der Waals surface area (Å²) in [5.74, 6) is 0. The Bertz CT molecular complexity index is 1250. The summed E-state index contributed by atoms with van der Waals surface area (Å²) >= 11 is 23.1. The molecule has 35 heavy (non-hydrogen) atoms. The summed E-state index contributed by atoms with van der Waals surface area (Å²) in [6.07, 6.45) is 1.65. The first kappa shape index (κ1) is 27.3. The van der Waals surface area contributed by atoms with Gasteiger partial charge in [0, 0.05) is 16.5 Å². The average Bonchev–Trinajstić information content (AvgIpc) is 2.91. The Labute approximate surface area is 238 Å². The first-order valence-corrected chi connectivity index (χ1v) is 12.6. The van der Waals surface area contributed by atoms with Crippen molar-refractivity contribution < 1.29 is 16.5 Å². The summed E-state index contributed by atoms with van der Waals surface area (Å²) in [6, 6.07) is 36.4. The Hall–Kier alpha value is -2.27. The molecule has 4 aromatic rings. The molecule has 0 heterocycles. The summed E-state index contributed by atoms with van der Waals surface area (Å²) in [7, 11) is 0. The van der Waals surface area contributed by atoms with Crippen LogP contribution in [-0.4, -0.2) is 19.5 Å². The fourth-order valence-electron chi connectivity index (χ4n) is 3.87. The average molecular weight is 569 g/mol. The molecule has 4 rings (SSSR count). The van der Waals surface area contributed by atoms with Crippen LogP contribution in [0, 0.1) is 0 Å². The fourth-order valence-corrected chi connectivity index (χ4v) is 5.00. The van der Waals surface area contributed by atoms with Gasteiger partial charge in [0.1, 0.15) is 0 Å². The molecule has 5 heteroatoms. The minimum atomic E-state index is 0. The molecule has 0 radical (unpaired) electrons. The van der Waals surface area contributed by atoms with Gasteiger partial charge in [0.05, 0.1) is 19.5 Å². The maximum absolute atomic E-state index is 5.82. The third kappa shape index (κ3) is 6.70. The SMILES string of the molecule is S=C(C(=S)c1ccccc1CCc1ccccc1C(=S)C(=S)c1ccccc1)c1ccccc1.[Ni]. The molecule has 0 bridgehead atoms. The van der Waals surface area contributed by atoms with Crippen molar-refractivity contribution in [2.24, 2.45) is 0 Å². The van der Waals surface area contributed by atoms with Crippen molar-refractivity contribution >= 4 is 68.3 Å². The van der Waals surface area contributed by atoms with Crippen LogP contribution >= 0.6 is 48.9 Å². The maximum Gasteiger partial charge on any atom is 0.0638 e. The zero-order chi connectivity index (χ0) is 23.9. The van der Waals surface area contributed by atoms with Gasteiger partial charge in [0.15, 0.2) is 0 Å². The largest absolute Gasteiger partial charge is 0.0778 e. The molecular formula is C30H22NiS4. The standard InChI is InChI=1S/C30H22S4.Ni/c31-27(23-13-3-1-4-14-23)29(33)25-17-9-7-11-21(25)19-20-22-12-8-10-18-26(22)30(34)28(32)24-15-5-2-6-16-24;/h1-18H,19-20H2;. The summed E-state index contributed by atoms with van der Waals surface area (Å²) in [6.45, 7) is 0. The van der Waals surface area contributed by atoms with Crippen LogP contribution < -0.4 is 0 Å². The Kier molecular flexibility index (Phi) is 10.3. The van der Waals surface area contributed by atoms with Crippen molar-refractivity contribution in [3.63, 3.8) is 0 Å². The van der Waals surface area contributed by atoms with Crippen LogP contribution in [0.1, 0.15) is 33.4 Å². The van der Waals surface area contributed by atoms with E-state index in [1.807, 2.05) is 84.9 Å². The molecule has 0 aliphatic rings. The number of hydrogen-bond acceptors (Lipinski definition) is 4. The van der Waals surface area contributed by atoms with E-state index in [0.29, 0.717) is 19.5 Å². The molecule has 0 amide bonds. The van der Waals surface area contributed by atoms with Gasteiger partial charge in [0.25, 0.3) is 0 Å². The first-order valence-electron chi connectivity index (χ1n) is 11.0. The van der Waals surface area contributed by atoms with E-state index < -0.39 is 0 Å². The zero-order valence-electron chi connectivity index (χ0n) is 18.8. The smallest absolute Gasteiger partial charge is 0.0638 e. The molecule has 4 aromatic carbocycles. The van der Waals surface area contributed by atoms with Crippen LogP contribution in [0.4, 0.5) is 0 Å². The van der Waals surface area contributed by atoms with Crippen LogP contribution in [-0.2, 0) is 29.3 Å². The van der Waals surface area contributed by atoms with Gasteiger partial charge in [-0.05, 0) is 46.2 Å². The topological polar surface area (TPSA) is 0 Å². The Morgan fingerprint density at radius 2 is 0.714 bits per heavy atom. The van der Waals surface area contributed by atoms with E-state index >= 15 is 0 Å². The molecule has 0 fully saturated rings. The van der Waals surface area contributed by atoms with Gasteiger partial charge in [-0.1, -0.05) is 158 Å². The van der Waals surface area contributed by atoms with Gasteiger partial charge in [-0.3, -0.25) is 0 Å². The molecule has 0 aromatic heterocycles. The van der Waals surface area contributed by atoms with Crippen molar-refractivity contribution in [2.75, 3.05) is 0 Å². The number of thiocarbonyl (C=S) groups is 4. The van der Waals surface area contributed by atoms with Crippen LogP contribution in [0.2, 0.25) is 0 Å². The van der Waals surface area contributed by atoms with Gasteiger partial charge in [-0.15, -0.1) is 0 Å². The monoisotopic (exact) mass is 568 g/mol. The van der Waals surface area contributed by atoms with E-state index in [9.17, 15) is 0 Å². The third-order valence-electron chi connectivity index (χ3n) is 5.67. The van der Waals surface area contributed by atoms with Gasteiger partial charge in [0.2, 0.25) is 0 Å². The van der Waals surface area contributed by atoms with Crippen molar-refractivity contribution in [3.8, 4) is 0 Å². The number of hydrogen-bond donors (Lipinski definition) is 0. The molecule has 0 saturated heterocycles. The molecule has 0 N–H and O–H groups in total. The Balaban J connectivity index is 0.00000342. The molecule has 0 aliphatic heterocycles. The molecule has 0 nitrogen and oxygen atoms in total. The van der Waals surface area contributed by atoms with Crippen molar-refractivity contribution in [1.29, 1.82) is 0 Å². The Morgan fingerprint density at radius 3 is 1.09 bits per heavy atom. The normalized spacial score (nSPS) is 10.2. The molecule has 0 aliphatic carbocycles. The molecule has 0 spiro atoms. The van der Waals surface area contributed by atoms with Gasteiger partial charge >= 0.3 is 0 Å². The van der Waals surface area contributed by atoms with E-state index in [-0.39, 0.29) is 16.5 Å². The summed E-state index contributed by atoms with van der Waals surface area (Å²) in [5.41, 5.74) is 6.34. The quantitative estimate of drug-likeness (QED) is 0.115. The van der Waals surface area contributed by atoms with Gasteiger partial charge < -0.3 is 0 Å².